The molecule has 11 heavy (non-hydrogen) atoms. The molecule has 1 fully saturated rings. The van der Waals surface area contributed by atoms with Crippen LogP contribution in [0.3, 0.4) is 0 Å². The van der Waals surface area contributed by atoms with E-state index in [9.17, 15) is 0 Å². The molecule has 0 nitrogen and oxygen atoms in total. The van der Waals surface area contributed by atoms with Crippen molar-refractivity contribution in [3.8, 4) is 0 Å². The lowest BCUT2D eigenvalue weighted by Gasteiger charge is -2.13. The maximum atomic E-state index is 2.40. The van der Waals surface area contributed by atoms with Gasteiger partial charge in [-0.2, -0.15) is 0 Å². The smallest absolute Gasteiger partial charge is 0.0234 e. The third kappa shape index (κ3) is 2.69. The monoisotopic (exact) mass is 152 g/mol. The lowest BCUT2D eigenvalue weighted by Crippen LogP contribution is -2.03. The van der Waals surface area contributed by atoms with Gasteiger partial charge in [0, 0.05) is 0 Å². The number of hydrogen-bond donors (Lipinski definition) is 0. The molecule has 1 aliphatic rings. The van der Waals surface area contributed by atoms with Crippen molar-refractivity contribution in [2.45, 2.75) is 46.0 Å². The maximum absolute atomic E-state index is 2.40. The summed E-state index contributed by atoms with van der Waals surface area (Å²) in [5.74, 6) is 1.83. The van der Waals surface area contributed by atoms with Crippen molar-refractivity contribution in [3.63, 3.8) is 0 Å². The van der Waals surface area contributed by atoms with Gasteiger partial charge in [-0.25, -0.2) is 0 Å². The van der Waals surface area contributed by atoms with Gasteiger partial charge in [0.2, 0.25) is 0 Å². The van der Waals surface area contributed by atoms with Crippen LogP contribution in [-0.2, 0) is 0 Å². The Balaban J connectivity index is 2.27. The molecule has 1 rings (SSSR count). The predicted octanol–water partition coefficient (Wildman–Crippen LogP) is 3.78. The number of allylic oxidation sites excluding steroid dienone is 2. The van der Waals surface area contributed by atoms with Crippen molar-refractivity contribution < 1.29 is 0 Å². The van der Waals surface area contributed by atoms with E-state index in [1.165, 1.54) is 32.1 Å². The van der Waals surface area contributed by atoms with E-state index in [1.807, 2.05) is 0 Å². The van der Waals surface area contributed by atoms with E-state index < -0.39 is 0 Å². The molecule has 0 saturated heterocycles. The first-order valence-electron chi connectivity index (χ1n) is 5.01. The quantitative estimate of drug-likeness (QED) is 0.540. The normalized spacial score (nSPS) is 23.1. The third-order valence-corrected chi connectivity index (χ3v) is 2.82. The van der Waals surface area contributed by atoms with Crippen LogP contribution in [-0.4, -0.2) is 0 Å². The van der Waals surface area contributed by atoms with Crippen LogP contribution >= 0.6 is 0 Å². The van der Waals surface area contributed by atoms with Gasteiger partial charge in [0.15, 0.2) is 0 Å². The highest BCUT2D eigenvalue weighted by molar-refractivity contribution is 4.90. The van der Waals surface area contributed by atoms with Gasteiger partial charge < -0.3 is 0 Å². The van der Waals surface area contributed by atoms with Crippen LogP contribution in [0.5, 0.6) is 0 Å². The lowest BCUT2D eigenvalue weighted by atomic mass is 9.92. The summed E-state index contributed by atoms with van der Waals surface area (Å²) < 4.78 is 0. The molecule has 0 bridgehead atoms. The van der Waals surface area contributed by atoms with E-state index in [0.717, 1.165) is 11.8 Å². The van der Waals surface area contributed by atoms with Gasteiger partial charge in [-0.1, -0.05) is 38.8 Å². The zero-order chi connectivity index (χ0) is 8.10. The minimum atomic E-state index is 0.831. The average molecular weight is 152 g/mol. The summed E-state index contributed by atoms with van der Waals surface area (Å²) in [7, 11) is 0. The van der Waals surface area contributed by atoms with Crippen LogP contribution in [0.1, 0.15) is 46.0 Å². The Bertz CT molecular complexity index is 118. The van der Waals surface area contributed by atoms with E-state index in [2.05, 4.69) is 26.0 Å². The van der Waals surface area contributed by atoms with Gasteiger partial charge in [-0.15, -0.1) is 0 Å². The second kappa shape index (κ2) is 4.58. The first-order valence-corrected chi connectivity index (χ1v) is 5.01. The highest BCUT2D eigenvalue weighted by atomic mass is 14.2. The zero-order valence-electron chi connectivity index (χ0n) is 7.84. The van der Waals surface area contributed by atoms with Gasteiger partial charge >= 0.3 is 0 Å². The predicted molar refractivity (Wildman–Crippen MR) is 50.6 cm³/mol. The van der Waals surface area contributed by atoms with Crippen molar-refractivity contribution in [2.24, 2.45) is 11.8 Å². The van der Waals surface area contributed by atoms with Crippen LogP contribution in [0, 0.1) is 11.8 Å². The molecule has 0 heterocycles. The van der Waals surface area contributed by atoms with E-state index in [-0.39, 0.29) is 0 Å². The molecular weight excluding hydrogens is 132 g/mol. The molecule has 1 aliphatic carbocycles. The highest BCUT2D eigenvalue weighted by Crippen LogP contribution is 2.31. The summed E-state index contributed by atoms with van der Waals surface area (Å²) in [5.41, 5.74) is 0. The van der Waals surface area contributed by atoms with Gasteiger partial charge in [0.05, 0.1) is 0 Å². The number of rotatable bonds is 3. The van der Waals surface area contributed by atoms with Crippen LogP contribution < -0.4 is 0 Å². The lowest BCUT2D eigenvalue weighted by molar-refractivity contribution is 0.433. The van der Waals surface area contributed by atoms with Crippen LogP contribution in [0.2, 0.25) is 0 Å². The van der Waals surface area contributed by atoms with Crippen molar-refractivity contribution in [1.29, 1.82) is 0 Å². The van der Waals surface area contributed by atoms with Gasteiger partial charge in [0.1, 0.15) is 0 Å². The molecule has 1 saturated carbocycles. The zero-order valence-corrected chi connectivity index (χ0v) is 7.84. The van der Waals surface area contributed by atoms with Crippen LogP contribution in [0.25, 0.3) is 0 Å². The molecule has 1 atom stereocenters. The molecule has 64 valence electrons. The topological polar surface area (TPSA) is 0 Å². The Hall–Kier alpha value is -0.260. The summed E-state index contributed by atoms with van der Waals surface area (Å²) in [4.78, 5) is 0. The molecule has 0 aromatic rings. The van der Waals surface area contributed by atoms with Gasteiger partial charge in [-0.3, -0.25) is 0 Å². The van der Waals surface area contributed by atoms with Crippen molar-refractivity contribution in [1.82, 2.24) is 0 Å². The van der Waals surface area contributed by atoms with Gasteiger partial charge in [-0.05, 0) is 31.1 Å². The van der Waals surface area contributed by atoms with Crippen LogP contribution in [0.4, 0.5) is 0 Å². The first kappa shape index (κ1) is 8.83. The largest absolute Gasteiger partial charge is 0.0885 e. The summed E-state index contributed by atoms with van der Waals surface area (Å²) in [6.07, 6.45) is 11.8. The van der Waals surface area contributed by atoms with Gasteiger partial charge in [0.25, 0.3) is 0 Å². The summed E-state index contributed by atoms with van der Waals surface area (Å²) in [6, 6.07) is 0. The second-order valence-corrected chi connectivity index (χ2v) is 3.74. The van der Waals surface area contributed by atoms with Crippen molar-refractivity contribution in [3.05, 3.63) is 12.2 Å². The fourth-order valence-corrected chi connectivity index (χ4v) is 1.99. The van der Waals surface area contributed by atoms with E-state index in [4.69, 9.17) is 0 Å². The molecular formula is C11H20. The molecule has 0 N–H and O–H groups in total. The summed E-state index contributed by atoms with van der Waals surface area (Å²) in [6.45, 7) is 4.57. The summed E-state index contributed by atoms with van der Waals surface area (Å²) in [5, 5.41) is 0. The van der Waals surface area contributed by atoms with Crippen LogP contribution in [0.15, 0.2) is 12.2 Å². The molecule has 0 aromatic heterocycles. The minimum Gasteiger partial charge on any atom is -0.0885 e. The molecule has 0 radical (unpaired) electrons. The maximum Gasteiger partial charge on any atom is -0.0234 e. The fourth-order valence-electron chi connectivity index (χ4n) is 1.99. The minimum absolute atomic E-state index is 0.831. The Morgan fingerprint density at radius 2 is 2.00 bits per heavy atom. The average Bonchev–Trinajstić information content (AvgIpc) is 2.52. The standard InChI is InChI=1S/C11H20/c1-3-4-7-10(2)11-8-5-6-9-11/h4,7,10-11H,3,5-6,8-9H2,1-2H3/b7-4+. The Morgan fingerprint density at radius 3 is 2.55 bits per heavy atom. The molecule has 0 spiro atoms. The Morgan fingerprint density at radius 1 is 1.36 bits per heavy atom. The fraction of sp³-hybridized carbons (Fsp3) is 0.818. The third-order valence-electron chi connectivity index (χ3n) is 2.82. The van der Waals surface area contributed by atoms with E-state index in [1.54, 1.807) is 0 Å². The van der Waals surface area contributed by atoms with E-state index >= 15 is 0 Å². The Labute approximate surface area is 70.7 Å². The SMILES string of the molecule is CC/C=C/C(C)C1CCCC1. The van der Waals surface area contributed by atoms with Crippen molar-refractivity contribution >= 4 is 0 Å². The molecule has 1 unspecified atom stereocenters. The van der Waals surface area contributed by atoms with E-state index in [0.29, 0.717) is 0 Å². The Kier molecular flexibility index (Phi) is 3.68. The molecule has 0 aromatic carbocycles. The molecule has 0 amide bonds. The summed E-state index contributed by atoms with van der Waals surface area (Å²) >= 11 is 0. The number of hydrogen-bond acceptors (Lipinski definition) is 0. The van der Waals surface area contributed by atoms with Crippen molar-refractivity contribution in [2.75, 3.05) is 0 Å². The second-order valence-electron chi connectivity index (χ2n) is 3.74. The highest BCUT2D eigenvalue weighted by Gasteiger charge is 2.18. The molecule has 0 aliphatic heterocycles. The first-order chi connectivity index (χ1) is 5.34. The molecule has 0 heteroatoms.